The number of rotatable bonds is 4. The SMILES string of the molecule is COC(=O)C1=C(C)N(c2cccc(C)c2)C(=O)/C1=C\c1cc(C)n(-c2ccccc2F)c1C. The molecule has 0 atom stereocenters. The number of hydrogen-bond donors (Lipinski definition) is 0. The van der Waals surface area contributed by atoms with Crippen molar-refractivity contribution in [3.63, 3.8) is 0 Å². The molecule has 0 bridgehead atoms. The van der Waals surface area contributed by atoms with Crippen molar-refractivity contribution < 1.29 is 18.7 Å². The number of halogens is 1. The predicted octanol–water partition coefficient (Wildman–Crippen LogP) is 5.42. The van der Waals surface area contributed by atoms with Crippen molar-refractivity contribution in [3.8, 4) is 5.69 Å². The molecule has 2 heterocycles. The van der Waals surface area contributed by atoms with Crippen molar-refractivity contribution in [2.75, 3.05) is 12.0 Å². The summed E-state index contributed by atoms with van der Waals surface area (Å²) in [7, 11) is 1.30. The third-order valence-corrected chi connectivity index (χ3v) is 5.91. The summed E-state index contributed by atoms with van der Waals surface area (Å²) < 4.78 is 21.3. The van der Waals surface area contributed by atoms with Crippen molar-refractivity contribution in [2.24, 2.45) is 0 Å². The van der Waals surface area contributed by atoms with Gasteiger partial charge in [0, 0.05) is 22.8 Å². The molecule has 0 aliphatic carbocycles. The number of esters is 1. The summed E-state index contributed by atoms with van der Waals surface area (Å²) in [4.78, 5) is 27.7. The molecule has 0 spiro atoms. The Morgan fingerprint density at radius 3 is 2.39 bits per heavy atom. The number of ether oxygens (including phenoxy) is 1. The van der Waals surface area contributed by atoms with Crippen LogP contribution in [0.4, 0.5) is 10.1 Å². The number of nitrogens with zero attached hydrogens (tertiary/aromatic N) is 2. The number of methoxy groups -OCH3 is 1. The van der Waals surface area contributed by atoms with E-state index >= 15 is 0 Å². The predicted molar refractivity (Wildman–Crippen MR) is 127 cm³/mol. The number of carbonyl (C=O) groups excluding carboxylic acids is 2. The van der Waals surface area contributed by atoms with Gasteiger partial charge in [-0.15, -0.1) is 0 Å². The van der Waals surface area contributed by atoms with Crippen LogP contribution in [-0.2, 0) is 14.3 Å². The van der Waals surface area contributed by atoms with Gasteiger partial charge in [0.05, 0.1) is 23.9 Å². The van der Waals surface area contributed by atoms with Gasteiger partial charge in [0.2, 0.25) is 0 Å². The van der Waals surface area contributed by atoms with Crippen LogP contribution >= 0.6 is 0 Å². The van der Waals surface area contributed by atoms with Gasteiger partial charge in [-0.3, -0.25) is 9.69 Å². The van der Waals surface area contributed by atoms with Crippen molar-refractivity contribution in [2.45, 2.75) is 27.7 Å². The minimum atomic E-state index is -0.579. The lowest BCUT2D eigenvalue weighted by atomic mass is 10.0. The second kappa shape index (κ2) is 8.54. The molecule has 0 saturated carbocycles. The van der Waals surface area contributed by atoms with E-state index in [-0.39, 0.29) is 22.9 Å². The van der Waals surface area contributed by atoms with E-state index in [9.17, 15) is 14.0 Å². The summed E-state index contributed by atoms with van der Waals surface area (Å²) >= 11 is 0. The number of para-hydroxylation sites is 1. The van der Waals surface area contributed by atoms with Gasteiger partial charge in [-0.05, 0) is 75.2 Å². The first-order valence-corrected chi connectivity index (χ1v) is 10.6. The Balaban J connectivity index is 1.87. The fourth-order valence-electron chi connectivity index (χ4n) is 4.35. The third kappa shape index (κ3) is 3.78. The Morgan fingerprint density at radius 1 is 1.00 bits per heavy atom. The Hall–Kier alpha value is -3.93. The molecule has 1 amide bonds. The molecule has 6 heteroatoms. The molecule has 1 aliphatic rings. The lowest BCUT2D eigenvalue weighted by Crippen LogP contribution is -2.24. The maximum atomic E-state index is 14.5. The molecule has 5 nitrogen and oxygen atoms in total. The van der Waals surface area contributed by atoms with E-state index in [1.165, 1.54) is 18.1 Å². The molecule has 0 unspecified atom stereocenters. The molecule has 0 N–H and O–H groups in total. The molecule has 33 heavy (non-hydrogen) atoms. The smallest absolute Gasteiger partial charge is 0.340 e. The van der Waals surface area contributed by atoms with E-state index in [4.69, 9.17) is 4.74 Å². The number of hydrogen-bond acceptors (Lipinski definition) is 3. The van der Waals surface area contributed by atoms with Gasteiger partial charge >= 0.3 is 5.97 Å². The van der Waals surface area contributed by atoms with Crippen LogP contribution in [0.25, 0.3) is 11.8 Å². The van der Waals surface area contributed by atoms with Crippen molar-refractivity contribution >= 4 is 23.6 Å². The minimum Gasteiger partial charge on any atom is -0.465 e. The average Bonchev–Trinajstić information content (AvgIpc) is 3.20. The van der Waals surface area contributed by atoms with Crippen molar-refractivity contribution in [3.05, 3.63) is 99.8 Å². The average molecular weight is 445 g/mol. The van der Waals surface area contributed by atoms with Gasteiger partial charge in [0.1, 0.15) is 5.82 Å². The van der Waals surface area contributed by atoms with Gasteiger partial charge in [-0.2, -0.15) is 0 Å². The molecule has 2 aromatic carbocycles. The standard InChI is InChI=1S/C27H25FN2O3/c1-16-9-8-10-21(13-16)30-19(4)25(27(32)33-5)22(26(30)31)15-20-14-17(2)29(18(20)3)24-12-7-6-11-23(24)28/h6-15H,1-5H3/b22-15-. The van der Waals surface area contributed by atoms with Crippen LogP contribution in [0, 0.1) is 26.6 Å². The molecular formula is C27H25FN2O3. The summed E-state index contributed by atoms with van der Waals surface area (Å²) in [6.45, 7) is 7.41. The first kappa shape index (κ1) is 22.3. The van der Waals surface area contributed by atoms with Crippen LogP contribution in [0.15, 0.2) is 71.4 Å². The highest BCUT2D eigenvalue weighted by molar-refractivity contribution is 6.23. The van der Waals surface area contributed by atoms with E-state index in [1.807, 2.05) is 51.1 Å². The largest absolute Gasteiger partial charge is 0.465 e. The monoisotopic (exact) mass is 444 g/mol. The second-order valence-electron chi connectivity index (χ2n) is 8.10. The number of anilines is 1. The van der Waals surface area contributed by atoms with Crippen LogP contribution in [0.3, 0.4) is 0 Å². The number of allylic oxidation sites excluding steroid dienone is 1. The minimum absolute atomic E-state index is 0.222. The van der Waals surface area contributed by atoms with E-state index < -0.39 is 5.97 Å². The molecule has 3 aromatic rings. The molecule has 4 rings (SSSR count). The van der Waals surface area contributed by atoms with E-state index in [1.54, 1.807) is 35.8 Å². The molecule has 168 valence electrons. The summed E-state index contributed by atoms with van der Waals surface area (Å²) in [5.74, 6) is -1.23. The summed E-state index contributed by atoms with van der Waals surface area (Å²) in [5, 5.41) is 0. The Labute approximate surface area is 192 Å². The van der Waals surface area contributed by atoms with Crippen LogP contribution in [-0.4, -0.2) is 23.6 Å². The maximum Gasteiger partial charge on any atom is 0.340 e. The first-order valence-electron chi connectivity index (χ1n) is 10.6. The van der Waals surface area contributed by atoms with Gasteiger partial charge in [0.15, 0.2) is 0 Å². The highest BCUT2D eigenvalue weighted by Gasteiger charge is 2.38. The highest BCUT2D eigenvalue weighted by Crippen LogP contribution is 2.36. The van der Waals surface area contributed by atoms with E-state index in [0.717, 1.165) is 22.5 Å². The molecule has 1 aliphatic heterocycles. The topological polar surface area (TPSA) is 51.5 Å². The first-order chi connectivity index (χ1) is 15.7. The van der Waals surface area contributed by atoms with Gasteiger partial charge in [-0.25, -0.2) is 9.18 Å². The van der Waals surface area contributed by atoms with Gasteiger partial charge < -0.3 is 9.30 Å². The van der Waals surface area contributed by atoms with Crippen LogP contribution in [0.2, 0.25) is 0 Å². The molecule has 0 saturated heterocycles. The molecule has 1 aromatic heterocycles. The lowest BCUT2D eigenvalue weighted by molar-refractivity contribution is -0.136. The number of carbonyl (C=O) groups is 2. The number of benzene rings is 2. The van der Waals surface area contributed by atoms with Gasteiger partial charge in [0.25, 0.3) is 5.91 Å². The zero-order chi connectivity index (χ0) is 23.9. The van der Waals surface area contributed by atoms with Crippen LogP contribution in [0.5, 0.6) is 0 Å². The van der Waals surface area contributed by atoms with Crippen molar-refractivity contribution in [1.82, 2.24) is 4.57 Å². The number of aromatic nitrogens is 1. The maximum absolute atomic E-state index is 14.5. The normalized spacial score (nSPS) is 15.0. The quantitative estimate of drug-likeness (QED) is 0.399. The van der Waals surface area contributed by atoms with Crippen LogP contribution in [0.1, 0.15) is 29.4 Å². The second-order valence-corrected chi connectivity index (χ2v) is 8.10. The van der Waals surface area contributed by atoms with E-state index in [2.05, 4.69) is 0 Å². The zero-order valence-corrected chi connectivity index (χ0v) is 19.3. The Kier molecular flexibility index (Phi) is 5.77. The molecule has 0 radical (unpaired) electrons. The lowest BCUT2D eigenvalue weighted by Gasteiger charge is -2.18. The van der Waals surface area contributed by atoms with Crippen molar-refractivity contribution in [1.29, 1.82) is 0 Å². The zero-order valence-electron chi connectivity index (χ0n) is 19.3. The third-order valence-electron chi connectivity index (χ3n) is 5.91. The Bertz CT molecular complexity index is 1350. The van der Waals surface area contributed by atoms with E-state index in [0.29, 0.717) is 17.1 Å². The molecular weight excluding hydrogens is 419 g/mol. The van der Waals surface area contributed by atoms with Gasteiger partial charge in [-0.1, -0.05) is 24.3 Å². The summed E-state index contributed by atoms with van der Waals surface area (Å²) in [5.41, 5.74) is 5.37. The summed E-state index contributed by atoms with van der Waals surface area (Å²) in [6, 6.07) is 15.9. The fourth-order valence-corrected chi connectivity index (χ4v) is 4.35. The fraction of sp³-hybridized carbons (Fsp3) is 0.185. The number of amides is 1. The number of aryl methyl sites for hydroxylation is 2. The summed E-state index contributed by atoms with van der Waals surface area (Å²) in [6.07, 6.45) is 1.69. The highest BCUT2D eigenvalue weighted by atomic mass is 19.1. The Morgan fingerprint density at radius 2 is 1.73 bits per heavy atom. The van der Waals surface area contributed by atoms with Crippen LogP contribution < -0.4 is 4.90 Å². The molecule has 0 fully saturated rings.